The Bertz CT molecular complexity index is 1270. The number of ether oxygens (including phenoxy) is 2. The van der Waals surface area contributed by atoms with Crippen LogP contribution in [0.4, 0.5) is 13.2 Å². The molecule has 1 atom stereocenters. The fourth-order valence-electron chi connectivity index (χ4n) is 5.88. The van der Waals surface area contributed by atoms with Crippen LogP contribution < -0.4 is 15.0 Å². The van der Waals surface area contributed by atoms with Gasteiger partial charge in [-0.2, -0.15) is 0 Å². The lowest BCUT2D eigenvalue weighted by molar-refractivity contribution is -0.274. The standard InChI is InChI=1S/C26H29F3N2O6S/c27-26(28,29)37-21-5-3-19(4-6-21)36-20-7-9-22(10-8-20)38(34,35)25(23(32)30-33)12-11-24(17-25)13-15-31(16-14-24)18-1-2-18/h3-10,18,33H,1-2,11-17H2,(H,30,32). The van der Waals surface area contributed by atoms with E-state index in [1.54, 1.807) is 5.48 Å². The molecule has 12 heteroatoms. The van der Waals surface area contributed by atoms with Gasteiger partial charge in [-0.05, 0) is 112 Å². The van der Waals surface area contributed by atoms with Gasteiger partial charge in [0.05, 0.1) is 4.90 Å². The van der Waals surface area contributed by atoms with E-state index < -0.39 is 32.6 Å². The number of hydrogen-bond donors (Lipinski definition) is 2. The maximum Gasteiger partial charge on any atom is 0.573 e. The zero-order chi connectivity index (χ0) is 27.2. The number of likely N-dealkylation sites (tertiary alicyclic amines) is 1. The molecule has 38 heavy (non-hydrogen) atoms. The van der Waals surface area contributed by atoms with Crippen molar-refractivity contribution in [1.29, 1.82) is 0 Å². The maximum absolute atomic E-state index is 13.9. The fraction of sp³-hybridized carbons (Fsp3) is 0.500. The molecule has 1 spiro atoms. The molecule has 1 heterocycles. The largest absolute Gasteiger partial charge is 0.573 e. The molecule has 2 aromatic carbocycles. The number of alkyl halides is 3. The predicted molar refractivity (Wildman–Crippen MR) is 130 cm³/mol. The number of benzene rings is 2. The lowest BCUT2D eigenvalue weighted by atomic mass is 9.76. The monoisotopic (exact) mass is 554 g/mol. The van der Waals surface area contributed by atoms with E-state index in [2.05, 4.69) is 9.64 Å². The SMILES string of the molecule is O=C(NO)C1(S(=O)(=O)c2ccc(Oc3ccc(OC(F)(F)F)cc3)cc2)CCC2(CCN(C3CC3)CC2)C1. The Balaban J connectivity index is 1.32. The van der Waals surface area contributed by atoms with Crippen molar-refractivity contribution in [2.45, 2.75) is 67.0 Å². The molecule has 3 fully saturated rings. The van der Waals surface area contributed by atoms with Crippen LogP contribution in [0.25, 0.3) is 0 Å². The molecule has 2 N–H and O–H groups in total. The Kier molecular flexibility index (Phi) is 6.85. The average molecular weight is 555 g/mol. The highest BCUT2D eigenvalue weighted by Gasteiger charge is 2.60. The first-order valence-electron chi connectivity index (χ1n) is 12.5. The van der Waals surface area contributed by atoms with Gasteiger partial charge in [-0.1, -0.05) is 0 Å². The van der Waals surface area contributed by atoms with Gasteiger partial charge in [0.2, 0.25) is 0 Å². The van der Waals surface area contributed by atoms with E-state index in [1.165, 1.54) is 49.2 Å². The topological polar surface area (TPSA) is 105 Å². The van der Waals surface area contributed by atoms with E-state index >= 15 is 0 Å². The third-order valence-electron chi connectivity index (χ3n) is 8.10. The number of nitrogens with zero attached hydrogens (tertiary/aromatic N) is 1. The molecule has 8 nitrogen and oxygen atoms in total. The summed E-state index contributed by atoms with van der Waals surface area (Å²) in [5.41, 5.74) is 1.34. The Morgan fingerprint density at radius 1 is 0.921 bits per heavy atom. The van der Waals surface area contributed by atoms with Crippen molar-refractivity contribution in [3.63, 3.8) is 0 Å². The van der Waals surface area contributed by atoms with Crippen molar-refractivity contribution in [1.82, 2.24) is 10.4 Å². The van der Waals surface area contributed by atoms with Gasteiger partial charge in [-0.25, -0.2) is 13.9 Å². The summed E-state index contributed by atoms with van der Waals surface area (Å²) in [7, 11) is -4.18. The van der Waals surface area contributed by atoms with Crippen LogP contribution in [0, 0.1) is 5.41 Å². The third-order valence-corrected chi connectivity index (χ3v) is 10.6. The summed E-state index contributed by atoms with van der Waals surface area (Å²) in [5.74, 6) is -0.835. The minimum absolute atomic E-state index is 0.0742. The number of halogens is 3. The second kappa shape index (κ2) is 9.73. The summed E-state index contributed by atoms with van der Waals surface area (Å²) in [6, 6.07) is 10.9. The highest BCUT2D eigenvalue weighted by molar-refractivity contribution is 7.93. The normalized spacial score (nSPS) is 23.8. The number of carbonyl (C=O) groups is 1. The minimum Gasteiger partial charge on any atom is -0.457 e. The molecule has 5 rings (SSSR count). The molecule has 2 saturated carbocycles. The van der Waals surface area contributed by atoms with Gasteiger partial charge < -0.3 is 14.4 Å². The smallest absolute Gasteiger partial charge is 0.457 e. The van der Waals surface area contributed by atoms with Gasteiger partial charge in [0.25, 0.3) is 5.91 Å². The molecule has 1 aliphatic heterocycles. The Morgan fingerprint density at radius 2 is 1.47 bits per heavy atom. The van der Waals surface area contributed by atoms with E-state index in [0.717, 1.165) is 38.1 Å². The van der Waals surface area contributed by atoms with Gasteiger partial charge in [-0.15, -0.1) is 13.2 Å². The highest BCUT2D eigenvalue weighted by atomic mass is 32.2. The van der Waals surface area contributed by atoms with Crippen LogP contribution >= 0.6 is 0 Å². The number of rotatable bonds is 7. The Hall–Kier alpha value is -2.83. The van der Waals surface area contributed by atoms with Crippen molar-refractivity contribution in [3.05, 3.63) is 48.5 Å². The molecule has 0 aromatic heterocycles. The quantitative estimate of drug-likeness (QED) is 0.373. The number of nitrogens with one attached hydrogen (secondary N) is 1. The Labute approximate surface area is 218 Å². The van der Waals surface area contributed by atoms with Gasteiger partial charge in [0, 0.05) is 6.04 Å². The number of sulfone groups is 1. The van der Waals surface area contributed by atoms with Crippen molar-refractivity contribution < 1.29 is 41.1 Å². The molecular formula is C26H29F3N2O6S. The van der Waals surface area contributed by atoms with Crippen molar-refractivity contribution in [2.24, 2.45) is 5.41 Å². The van der Waals surface area contributed by atoms with Crippen LogP contribution in [0.5, 0.6) is 17.2 Å². The van der Waals surface area contributed by atoms with Crippen LogP contribution in [0.1, 0.15) is 44.9 Å². The summed E-state index contributed by atoms with van der Waals surface area (Å²) in [5, 5.41) is 9.51. The highest BCUT2D eigenvalue weighted by Crippen LogP contribution is 2.55. The molecule has 1 amide bonds. The molecule has 0 bridgehead atoms. The molecular weight excluding hydrogens is 525 g/mol. The van der Waals surface area contributed by atoms with Crippen molar-refractivity contribution in [3.8, 4) is 17.2 Å². The van der Waals surface area contributed by atoms with Gasteiger partial charge in [0.1, 0.15) is 17.2 Å². The molecule has 2 aliphatic carbocycles. The van der Waals surface area contributed by atoms with Crippen LogP contribution in [0.3, 0.4) is 0 Å². The summed E-state index contributed by atoms with van der Waals surface area (Å²) in [4.78, 5) is 15.3. The van der Waals surface area contributed by atoms with Gasteiger partial charge in [0.15, 0.2) is 14.6 Å². The molecule has 2 aromatic rings. The minimum atomic E-state index is -4.80. The molecule has 1 unspecified atom stereocenters. The van der Waals surface area contributed by atoms with Crippen LogP contribution in [-0.2, 0) is 14.6 Å². The number of hydroxylamine groups is 1. The predicted octanol–water partition coefficient (Wildman–Crippen LogP) is 4.82. The molecule has 1 saturated heterocycles. The zero-order valence-corrected chi connectivity index (χ0v) is 21.4. The van der Waals surface area contributed by atoms with E-state index in [9.17, 15) is 31.6 Å². The zero-order valence-electron chi connectivity index (χ0n) is 20.5. The number of carbonyl (C=O) groups excluding carboxylic acids is 1. The summed E-state index contributed by atoms with van der Waals surface area (Å²) in [6.07, 6.45) is 0.103. The number of piperidine rings is 1. The molecule has 206 valence electrons. The second-order valence-corrected chi connectivity index (χ2v) is 12.7. The lowest BCUT2D eigenvalue weighted by Gasteiger charge is -2.40. The van der Waals surface area contributed by atoms with Crippen molar-refractivity contribution in [2.75, 3.05) is 13.1 Å². The number of amides is 1. The number of hydrogen-bond acceptors (Lipinski definition) is 7. The van der Waals surface area contributed by atoms with E-state index in [4.69, 9.17) is 4.74 Å². The van der Waals surface area contributed by atoms with E-state index in [-0.39, 0.29) is 34.7 Å². The lowest BCUT2D eigenvalue weighted by Crippen LogP contribution is -2.51. The maximum atomic E-state index is 13.9. The van der Waals surface area contributed by atoms with Crippen LogP contribution in [0.15, 0.2) is 53.4 Å². The third kappa shape index (κ3) is 5.21. The first kappa shape index (κ1) is 26.8. The van der Waals surface area contributed by atoms with E-state index in [1.807, 2.05) is 0 Å². The van der Waals surface area contributed by atoms with Gasteiger partial charge >= 0.3 is 6.36 Å². The molecule has 0 radical (unpaired) electrons. The first-order chi connectivity index (χ1) is 18.0. The fourth-order valence-corrected chi connectivity index (χ4v) is 7.99. The van der Waals surface area contributed by atoms with E-state index in [0.29, 0.717) is 12.5 Å². The summed E-state index contributed by atoms with van der Waals surface area (Å²) in [6.45, 7) is 1.77. The van der Waals surface area contributed by atoms with Crippen LogP contribution in [0.2, 0.25) is 0 Å². The Morgan fingerprint density at radius 3 is 2.00 bits per heavy atom. The summed E-state index contributed by atoms with van der Waals surface area (Å²) < 4.78 is 72.4. The van der Waals surface area contributed by atoms with Gasteiger partial charge in [-0.3, -0.25) is 10.0 Å². The molecule has 3 aliphatic rings. The second-order valence-electron chi connectivity index (χ2n) is 10.5. The van der Waals surface area contributed by atoms with Crippen molar-refractivity contribution >= 4 is 15.7 Å². The van der Waals surface area contributed by atoms with Crippen LogP contribution in [-0.4, -0.2) is 54.7 Å². The first-order valence-corrected chi connectivity index (χ1v) is 14.0. The average Bonchev–Trinajstić information content (AvgIpc) is 3.66. The summed E-state index contributed by atoms with van der Waals surface area (Å²) >= 11 is 0.